The molecule has 0 radical (unpaired) electrons. The van der Waals surface area contributed by atoms with Crippen molar-refractivity contribution in [1.29, 1.82) is 0 Å². The molecule has 2 aromatic rings. The quantitative estimate of drug-likeness (QED) is 0.484. The number of nitrogens with one attached hydrogen (secondary N) is 4. The van der Waals surface area contributed by atoms with E-state index in [2.05, 4.69) is 21.3 Å². The van der Waals surface area contributed by atoms with Crippen molar-refractivity contribution in [1.82, 2.24) is 21.3 Å². The van der Waals surface area contributed by atoms with Crippen molar-refractivity contribution in [2.75, 3.05) is 19.7 Å². The molecule has 1 fully saturated rings. The Morgan fingerprint density at radius 2 is 1.62 bits per heavy atom. The molecule has 2 atom stereocenters. The molecule has 0 bridgehead atoms. The molecule has 39 heavy (non-hydrogen) atoms. The van der Waals surface area contributed by atoms with Crippen molar-refractivity contribution in [2.45, 2.75) is 76.4 Å². The zero-order chi connectivity index (χ0) is 27.7. The van der Waals surface area contributed by atoms with Gasteiger partial charge in [-0.05, 0) is 48.8 Å². The average Bonchev–Trinajstić information content (AvgIpc) is 3.40. The van der Waals surface area contributed by atoms with Crippen LogP contribution in [0.5, 0.6) is 5.75 Å². The highest BCUT2D eigenvalue weighted by Crippen LogP contribution is 2.30. The monoisotopic (exact) mass is 534 g/mol. The van der Waals surface area contributed by atoms with Crippen LogP contribution in [-0.4, -0.2) is 55.0 Å². The summed E-state index contributed by atoms with van der Waals surface area (Å²) < 4.78 is 6.07. The first-order valence-corrected chi connectivity index (χ1v) is 14.3. The molecule has 8 heteroatoms. The molecule has 210 valence electrons. The highest BCUT2D eigenvalue weighted by molar-refractivity contribution is 5.96. The lowest BCUT2D eigenvalue weighted by atomic mass is 9.93. The maximum Gasteiger partial charge on any atom is 0.246 e. The first-order chi connectivity index (χ1) is 18.9. The number of fused-ring (bicyclic) bond motifs is 1. The van der Waals surface area contributed by atoms with E-state index in [1.807, 2.05) is 68.4 Å². The number of benzene rings is 2. The van der Waals surface area contributed by atoms with Crippen molar-refractivity contribution < 1.29 is 19.1 Å². The molecule has 2 aliphatic rings. The van der Waals surface area contributed by atoms with Crippen molar-refractivity contribution in [2.24, 2.45) is 5.92 Å². The fraction of sp³-hybridized carbons (Fsp3) is 0.516. The van der Waals surface area contributed by atoms with Crippen molar-refractivity contribution in [3.05, 3.63) is 65.7 Å². The van der Waals surface area contributed by atoms with Gasteiger partial charge in [-0.25, -0.2) is 0 Å². The molecule has 1 aliphatic heterocycles. The van der Waals surface area contributed by atoms with Crippen LogP contribution in [0, 0.1) is 5.92 Å². The van der Waals surface area contributed by atoms with E-state index in [-0.39, 0.29) is 23.6 Å². The maximum absolute atomic E-state index is 13.8. The number of carbonyl (C=O) groups is 3. The van der Waals surface area contributed by atoms with Crippen molar-refractivity contribution >= 4 is 17.7 Å². The number of amides is 3. The average molecular weight is 535 g/mol. The Morgan fingerprint density at radius 1 is 0.897 bits per heavy atom. The van der Waals surface area contributed by atoms with E-state index in [1.165, 1.54) is 0 Å². The normalized spacial score (nSPS) is 23.1. The molecule has 0 unspecified atom stereocenters. The van der Waals surface area contributed by atoms with Crippen LogP contribution in [0.3, 0.4) is 0 Å². The van der Waals surface area contributed by atoms with Gasteiger partial charge >= 0.3 is 0 Å². The van der Waals surface area contributed by atoms with Gasteiger partial charge in [0.2, 0.25) is 17.7 Å². The standard InChI is InChI=1S/C31H42N4O4/c1-22(2)27-29(37)35-31(16-8-9-17-31)30(38)34-25(21-23-11-4-3-5-12-23)28(36)33-18-10-14-24-13-6-7-15-26(24)39-20-19-32-27/h3-7,11-13,15,22,25,27,32H,8-10,14,16-21H2,1-2H3,(H,33,36)(H,34,38)(H,35,37)/t25-,27-/m0/s1. The molecule has 4 N–H and O–H groups in total. The number of hydrogen-bond donors (Lipinski definition) is 4. The lowest BCUT2D eigenvalue weighted by Gasteiger charge is -2.33. The highest BCUT2D eigenvalue weighted by Gasteiger charge is 2.44. The van der Waals surface area contributed by atoms with Gasteiger partial charge in [0, 0.05) is 19.5 Å². The lowest BCUT2D eigenvalue weighted by molar-refractivity contribution is -0.137. The summed E-state index contributed by atoms with van der Waals surface area (Å²) in [5.41, 5.74) is 1.00. The molecular weight excluding hydrogens is 492 g/mol. The summed E-state index contributed by atoms with van der Waals surface area (Å²) >= 11 is 0. The van der Waals surface area contributed by atoms with Crippen LogP contribution in [0.15, 0.2) is 54.6 Å². The van der Waals surface area contributed by atoms with Crippen LogP contribution in [0.25, 0.3) is 0 Å². The van der Waals surface area contributed by atoms with Crippen molar-refractivity contribution in [3.8, 4) is 5.75 Å². The molecule has 1 saturated carbocycles. The minimum atomic E-state index is -1.03. The number of ether oxygens (including phenoxy) is 1. The van der Waals surface area contributed by atoms with Gasteiger partial charge < -0.3 is 26.0 Å². The summed E-state index contributed by atoms with van der Waals surface area (Å²) in [4.78, 5) is 40.7. The summed E-state index contributed by atoms with van der Waals surface area (Å²) in [6, 6.07) is 16.4. The predicted molar refractivity (Wildman–Crippen MR) is 151 cm³/mol. The summed E-state index contributed by atoms with van der Waals surface area (Å²) in [5, 5.41) is 12.5. The third-order valence-corrected chi connectivity index (χ3v) is 7.73. The molecule has 1 aliphatic carbocycles. The number of rotatable bonds is 3. The number of carbonyl (C=O) groups excluding carboxylic acids is 3. The Morgan fingerprint density at radius 3 is 2.36 bits per heavy atom. The third-order valence-electron chi connectivity index (χ3n) is 7.73. The van der Waals surface area contributed by atoms with E-state index >= 15 is 0 Å². The smallest absolute Gasteiger partial charge is 0.246 e. The second-order valence-corrected chi connectivity index (χ2v) is 11.0. The summed E-state index contributed by atoms with van der Waals surface area (Å²) in [6.07, 6.45) is 4.65. The highest BCUT2D eigenvalue weighted by atomic mass is 16.5. The molecule has 1 heterocycles. The van der Waals surface area contributed by atoms with Crippen LogP contribution in [0.2, 0.25) is 0 Å². The van der Waals surface area contributed by atoms with E-state index in [0.717, 1.165) is 42.6 Å². The molecule has 0 saturated heterocycles. The number of para-hydroxylation sites is 1. The zero-order valence-corrected chi connectivity index (χ0v) is 23.1. The minimum Gasteiger partial charge on any atom is -0.492 e. The van der Waals surface area contributed by atoms with Crippen LogP contribution in [-0.2, 0) is 27.2 Å². The summed E-state index contributed by atoms with van der Waals surface area (Å²) in [7, 11) is 0. The van der Waals surface area contributed by atoms with E-state index in [4.69, 9.17) is 4.74 Å². The van der Waals surface area contributed by atoms with Gasteiger partial charge in [-0.1, -0.05) is 75.2 Å². The molecule has 3 amide bonds. The molecule has 2 aromatic carbocycles. The Kier molecular flexibility index (Phi) is 9.98. The van der Waals surface area contributed by atoms with Gasteiger partial charge in [-0.15, -0.1) is 0 Å². The van der Waals surface area contributed by atoms with Gasteiger partial charge in [0.05, 0.1) is 6.04 Å². The molecule has 0 aromatic heterocycles. The van der Waals surface area contributed by atoms with Crippen LogP contribution >= 0.6 is 0 Å². The Bertz CT molecular complexity index is 1110. The number of aryl methyl sites for hydroxylation is 1. The van der Waals surface area contributed by atoms with Crippen LogP contribution in [0.4, 0.5) is 0 Å². The summed E-state index contributed by atoms with van der Waals surface area (Å²) in [6.45, 7) is 5.37. The second-order valence-electron chi connectivity index (χ2n) is 11.0. The van der Waals surface area contributed by atoms with Gasteiger partial charge in [0.25, 0.3) is 0 Å². The fourth-order valence-corrected chi connectivity index (χ4v) is 5.53. The Hall–Kier alpha value is -3.39. The summed E-state index contributed by atoms with van der Waals surface area (Å²) in [5.74, 6) is 0.120. The Labute approximate surface area is 231 Å². The minimum absolute atomic E-state index is 0.0148. The van der Waals surface area contributed by atoms with E-state index in [0.29, 0.717) is 39.0 Å². The molecule has 1 spiro atoms. The maximum atomic E-state index is 13.8. The largest absolute Gasteiger partial charge is 0.492 e. The third kappa shape index (κ3) is 7.60. The Balaban J connectivity index is 1.59. The topological polar surface area (TPSA) is 109 Å². The van der Waals surface area contributed by atoms with Crippen LogP contribution < -0.4 is 26.0 Å². The van der Waals surface area contributed by atoms with Gasteiger partial charge in [0.15, 0.2) is 0 Å². The van der Waals surface area contributed by atoms with E-state index < -0.39 is 17.6 Å². The van der Waals surface area contributed by atoms with E-state index in [9.17, 15) is 14.4 Å². The lowest BCUT2D eigenvalue weighted by Crippen LogP contribution is -2.63. The predicted octanol–water partition coefficient (Wildman–Crippen LogP) is 2.90. The first kappa shape index (κ1) is 28.6. The number of hydrogen-bond acceptors (Lipinski definition) is 5. The molecule has 8 nitrogen and oxygen atoms in total. The van der Waals surface area contributed by atoms with E-state index in [1.54, 1.807) is 0 Å². The van der Waals surface area contributed by atoms with Crippen molar-refractivity contribution in [3.63, 3.8) is 0 Å². The second kappa shape index (κ2) is 13.6. The fourth-order valence-electron chi connectivity index (χ4n) is 5.53. The van der Waals surface area contributed by atoms with Gasteiger partial charge in [-0.2, -0.15) is 0 Å². The first-order valence-electron chi connectivity index (χ1n) is 14.3. The SMILES string of the molecule is CC(C)[C@@H]1NCCOc2ccccc2CCCNC(=O)[C@H](Cc2ccccc2)NC(=O)C2(CCCC2)NC1=O. The van der Waals surface area contributed by atoms with Crippen LogP contribution in [0.1, 0.15) is 57.1 Å². The zero-order valence-electron chi connectivity index (χ0n) is 23.1. The van der Waals surface area contributed by atoms with Gasteiger partial charge in [-0.3, -0.25) is 14.4 Å². The van der Waals surface area contributed by atoms with Gasteiger partial charge in [0.1, 0.15) is 23.9 Å². The molecular formula is C31H42N4O4. The molecule has 4 rings (SSSR count).